The van der Waals surface area contributed by atoms with Crippen LogP contribution in [0.15, 0.2) is 40.1 Å². The third-order valence-corrected chi connectivity index (χ3v) is 4.84. The van der Waals surface area contributed by atoms with Crippen LogP contribution in [0.5, 0.6) is 0 Å². The molecule has 0 bridgehead atoms. The Hall–Kier alpha value is -2.91. The standard InChI is InChI=1S/C19H24N4O5/c1-2-11-10-23(19(27)22-18(11)26)17-8-14(24)15(28-17)9-21-16(25)7-12-5-3-4-6-13(12)20/h3-6,10,14-15,17,24H,2,7-9,20H2,1H3,(H,21,25)(H,22,26,27)/t14?,15-,17-/m0/s1. The summed E-state index contributed by atoms with van der Waals surface area (Å²) >= 11 is 0. The van der Waals surface area contributed by atoms with Gasteiger partial charge in [-0.15, -0.1) is 0 Å². The second kappa shape index (κ2) is 8.41. The van der Waals surface area contributed by atoms with E-state index in [4.69, 9.17) is 10.5 Å². The zero-order chi connectivity index (χ0) is 20.3. The molecule has 1 aromatic heterocycles. The van der Waals surface area contributed by atoms with Crippen molar-refractivity contribution in [3.8, 4) is 0 Å². The number of carbonyl (C=O) groups excluding carboxylic acids is 1. The van der Waals surface area contributed by atoms with Crippen LogP contribution in [-0.2, 0) is 22.4 Å². The average molecular weight is 388 g/mol. The summed E-state index contributed by atoms with van der Waals surface area (Å²) in [5.41, 5.74) is 6.53. The van der Waals surface area contributed by atoms with Crippen molar-refractivity contribution in [3.63, 3.8) is 0 Å². The van der Waals surface area contributed by atoms with Gasteiger partial charge in [-0.3, -0.25) is 19.1 Å². The number of nitrogens with one attached hydrogen (secondary N) is 2. The Labute approximate surface area is 161 Å². The number of rotatable bonds is 6. The van der Waals surface area contributed by atoms with Crippen LogP contribution in [0.4, 0.5) is 5.69 Å². The maximum Gasteiger partial charge on any atom is 0.330 e. The molecule has 150 valence electrons. The van der Waals surface area contributed by atoms with Crippen molar-refractivity contribution in [2.75, 3.05) is 12.3 Å². The minimum Gasteiger partial charge on any atom is -0.398 e. The number of hydrogen-bond donors (Lipinski definition) is 4. The summed E-state index contributed by atoms with van der Waals surface area (Å²) in [6, 6.07) is 7.10. The van der Waals surface area contributed by atoms with E-state index in [2.05, 4.69) is 10.3 Å². The number of aryl methyl sites for hydroxylation is 1. The number of aromatic amines is 1. The van der Waals surface area contributed by atoms with Crippen LogP contribution in [0.1, 0.15) is 30.7 Å². The van der Waals surface area contributed by atoms with Crippen LogP contribution in [0, 0.1) is 0 Å². The van der Waals surface area contributed by atoms with Gasteiger partial charge in [-0.2, -0.15) is 0 Å². The summed E-state index contributed by atoms with van der Waals surface area (Å²) in [5.74, 6) is -0.244. The first kappa shape index (κ1) is 19.8. The lowest BCUT2D eigenvalue weighted by Crippen LogP contribution is -2.38. The van der Waals surface area contributed by atoms with Gasteiger partial charge in [-0.1, -0.05) is 25.1 Å². The van der Waals surface area contributed by atoms with Gasteiger partial charge in [0.05, 0.1) is 12.5 Å². The van der Waals surface area contributed by atoms with Crippen molar-refractivity contribution < 1.29 is 14.6 Å². The highest BCUT2D eigenvalue weighted by Gasteiger charge is 2.35. The first-order valence-electron chi connectivity index (χ1n) is 9.17. The fraction of sp³-hybridized carbons (Fsp3) is 0.421. The Balaban J connectivity index is 1.61. The molecule has 1 amide bonds. The van der Waals surface area contributed by atoms with Crippen LogP contribution in [0.2, 0.25) is 0 Å². The molecule has 2 aromatic rings. The second-order valence-electron chi connectivity index (χ2n) is 6.79. The zero-order valence-electron chi connectivity index (χ0n) is 15.6. The Kier molecular flexibility index (Phi) is 5.96. The van der Waals surface area contributed by atoms with E-state index in [0.29, 0.717) is 17.7 Å². The number of nitrogens with zero attached hydrogens (tertiary/aromatic N) is 1. The molecule has 5 N–H and O–H groups in total. The first-order valence-corrected chi connectivity index (χ1v) is 9.17. The Morgan fingerprint density at radius 3 is 2.82 bits per heavy atom. The summed E-state index contributed by atoms with van der Waals surface area (Å²) in [4.78, 5) is 38.2. The minimum atomic E-state index is -0.851. The van der Waals surface area contributed by atoms with Crippen molar-refractivity contribution in [1.82, 2.24) is 14.9 Å². The molecular formula is C19H24N4O5. The van der Waals surface area contributed by atoms with Crippen molar-refractivity contribution in [3.05, 3.63) is 62.4 Å². The van der Waals surface area contributed by atoms with Gasteiger partial charge < -0.3 is 20.9 Å². The van der Waals surface area contributed by atoms with Crippen molar-refractivity contribution in [2.45, 2.75) is 44.6 Å². The highest BCUT2D eigenvalue weighted by molar-refractivity contribution is 5.80. The molecule has 0 saturated carbocycles. The Morgan fingerprint density at radius 1 is 1.36 bits per heavy atom. The molecule has 9 heteroatoms. The van der Waals surface area contributed by atoms with E-state index in [0.717, 1.165) is 5.56 Å². The number of nitrogens with two attached hydrogens (primary N) is 1. The lowest BCUT2D eigenvalue weighted by Gasteiger charge is -2.17. The molecule has 9 nitrogen and oxygen atoms in total. The van der Waals surface area contributed by atoms with Crippen LogP contribution >= 0.6 is 0 Å². The Morgan fingerprint density at radius 2 is 2.11 bits per heavy atom. The van der Waals surface area contributed by atoms with Crippen molar-refractivity contribution in [1.29, 1.82) is 0 Å². The smallest absolute Gasteiger partial charge is 0.330 e. The molecule has 3 atom stereocenters. The summed E-state index contributed by atoms with van der Waals surface area (Å²) in [7, 11) is 0. The molecular weight excluding hydrogens is 364 g/mol. The second-order valence-corrected chi connectivity index (χ2v) is 6.79. The summed E-state index contributed by atoms with van der Waals surface area (Å²) < 4.78 is 7.03. The number of benzene rings is 1. The number of aliphatic hydroxyl groups is 1. The number of H-pyrrole nitrogens is 1. The van der Waals surface area contributed by atoms with Gasteiger partial charge >= 0.3 is 5.69 Å². The molecule has 0 aliphatic carbocycles. The monoisotopic (exact) mass is 388 g/mol. The SMILES string of the molecule is CCc1cn([C@@H]2CC(O)[C@H](CNC(=O)Cc3ccccc3N)O2)c(=O)[nH]c1=O. The summed E-state index contributed by atoms with van der Waals surface area (Å²) in [6.07, 6.45) is 0.00250. The van der Waals surface area contributed by atoms with E-state index in [1.54, 1.807) is 24.3 Å². The third-order valence-electron chi connectivity index (χ3n) is 4.84. The normalized spacial score (nSPS) is 21.6. The van der Waals surface area contributed by atoms with Gasteiger partial charge in [0.15, 0.2) is 0 Å². The number of ether oxygens (including phenoxy) is 1. The van der Waals surface area contributed by atoms with E-state index in [1.165, 1.54) is 10.8 Å². The molecule has 3 rings (SSSR count). The fourth-order valence-electron chi connectivity index (χ4n) is 3.21. The molecule has 28 heavy (non-hydrogen) atoms. The Bertz CT molecular complexity index is 967. The molecule has 2 heterocycles. The van der Waals surface area contributed by atoms with Crippen LogP contribution in [0.25, 0.3) is 0 Å². The van der Waals surface area contributed by atoms with Gasteiger partial charge in [0, 0.05) is 30.4 Å². The predicted octanol–water partition coefficient (Wildman–Crippen LogP) is -0.311. The summed E-state index contributed by atoms with van der Waals surface area (Å²) in [5, 5.41) is 13.0. The fourth-order valence-corrected chi connectivity index (χ4v) is 3.21. The lowest BCUT2D eigenvalue weighted by molar-refractivity contribution is -0.121. The molecule has 1 fully saturated rings. The molecule has 0 spiro atoms. The molecule has 1 aliphatic rings. The van der Waals surface area contributed by atoms with E-state index in [1.807, 2.05) is 6.92 Å². The van der Waals surface area contributed by atoms with Gasteiger partial charge in [-0.05, 0) is 18.1 Å². The minimum absolute atomic E-state index is 0.0992. The van der Waals surface area contributed by atoms with Gasteiger partial charge in [-0.25, -0.2) is 4.79 Å². The first-order chi connectivity index (χ1) is 13.4. The molecule has 1 aromatic carbocycles. The summed E-state index contributed by atoms with van der Waals surface area (Å²) in [6.45, 7) is 1.91. The highest BCUT2D eigenvalue weighted by Crippen LogP contribution is 2.27. The number of amides is 1. The van der Waals surface area contributed by atoms with Crippen molar-refractivity contribution in [2.24, 2.45) is 0 Å². The number of nitrogen functional groups attached to an aromatic ring is 1. The number of aliphatic hydroxyl groups excluding tert-OH is 1. The van der Waals surface area contributed by atoms with E-state index in [-0.39, 0.29) is 25.3 Å². The topological polar surface area (TPSA) is 139 Å². The maximum atomic E-state index is 12.2. The average Bonchev–Trinajstić information content (AvgIpc) is 3.02. The lowest BCUT2D eigenvalue weighted by atomic mass is 10.1. The highest BCUT2D eigenvalue weighted by atomic mass is 16.5. The van der Waals surface area contributed by atoms with Gasteiger partial charge in [0.25, 0.3) is 5.56 Å². The zero-order valence-corrected chi connectivity index (χ0v) is 15.6. The van der Waals surface area contributed by atoms with Gasteiger partial charge in [0.1, 0.15) is 12.3 Å². The van der Waals surface area contributed by atoms with E-state index in [9.17, 15) is 19.5 Å². The van der Waals surface area contributed by atoms with E-state index >= 15 is 0 Å². The van der Waals surface area contributed by atoms with Crippen molar-refractivity contribution >= 4 is 11.6 Å². The largest absolute Gasteiger partial charge is 0.398 e. The number of para-hydroxylation sites is 1. The van der Waals surface area contributed by atoms with Crippen LogP contribution in [-0.4, -0.2) is 39.3 Å². The molecule has 1 aliphatic heterocycles. The molecule has 0 radical (unpaired) electrons. The third kappa shape index (κ3) is 4.32. The number of carbonyl (C=O) groups is 1. The predicted molar refractivity (Wildman–Crippen MR) is 103 cm³/mol. The number of anilines is 1. The van der Waals surface area contributed by atoms with Crippen LogP contribution < -0.4 is 22.3 Å². The maximum absolute atomic E-state index is 12.2. The van der Waals surface area contributed by atoms with E-state index < -0.39 is 29.7 Å². The quantitative estimate of drug-likeness (QED) is 0.501. The van der Waals surface area contributed by atoms with Crippen LogP contribution in [0.3, 0.4) is 0 Å². The number of aromatic nitrogens is 2. The molecule has 1 unspecified atom stereocenters. The molecule has 1 saturated heterocycles. The number of hydrogen-bond acceptors (Lipinski definition) is 6. The van der Waals surface area contributed by atoms with Gasteiger partial charge in [0.2, 0.25) is 5.91 Å².